The average molecular weight is 296 g/mol. The van der Waals surface area contributed by atoms with Crippen LogP contribution in [-0.2, 0) is 0 Å². The van der Waals surface area contributed by atoms with Crippen molar-refractivity contribution in [1.29, 1.82) is 0 Å². The molecule has 0 aromatic carbocycles. The van der Waals surface area contributed by atoms with Gasteiger partial charge in [-0.1, -0.05) is 28.1 Å². The van der Waals surface area contributed by atoms with Crippen molar-refractivity contribution in [3.05, 3.63) is 26.9 Å². The van der Waals surface area contributed by atoms with E-state index >= 15 is 0 Å². The van der Waals surface area contributed by atoms with Crippen LogP contribution in [0.15, 0.2) is 21.3 Å². The fraction of sp³-hybridized carbons (Fsp3) is 0.250. The molecule has 0 spiro atoms. The van der Waals surface area contributed by atoms with Crippen molar-refractivity contribution in [3.63, 3.8) is 0 Å². The SMILES string of the molecule is CC(Br)/C=C/c1csc(Br)c1. The van der Waals surface area contributed by atoms with Crippen molar-refractivity contribution in [1.82, 2.24) is 0 Å². The van der Waals surface area contributed by atoms with Gasteiger partial charge < -0.3 is 0 Å². The Balaban J connectivity index is 2.64. The Morgan fingerprint density at radius 3 is 2.82 bits per heavy atom. The van der Waals surface area contributed by atoms with Crippen LogP contribution in [0, 0.1) is 0 Å². The quantitative estimate of drug-likeness (QED) is 0.713. The van der Waals surface area contributed by atoms with E-state index in [9.17, 15) is 0 Å². The predicted molar refractivity (Wildman–Crippen MR) is 59.4 cm³/mol. The standard InChI is InChI=1S/C8H8Br2S/c1-6(9)2-3-7-4-8(10)11-5-7/h2-6H,1H3/b3-2+. The summed E-state index contributed by atoms with van der Waals surface area (Å²) in [5, 5.41) is 2.12. The smallest absolute Gasteiger partial charge is 0.0704 e. The number of alkyl halides is 1. The first-order valence-electron chi connectivity index (χ1n) is 3.25. The number of hydrogen-bond acceptors (Lipinski definition) is 1. The Morgan fingerprint density at radius 2 is 2.36 bits per heavy atom. The Bertz CT molecular complexity index is 250. The molecule has 60 valence electrons. The lowest BCUT2D eigenvalue weighted by Crippen LogP contribution is -1.78. The lowest BCUT2D eigenvalue weighted by molar-refractivity contribution is 1.28. The summed E-state index contributed by atoms with van der Waals surface area (Å²) in [5.74, 6) is 0. The third-order valence-electron chi connectivity index (χ3n) is 1.14. The second-order valence-corrected chi connectivity index (χ2v) is 5.96. The molecular formula is C8H8Br2S. The van der Waals surface area contributed by atoms with Crippen LogP contribution in [0.4, 0.5) is 0 Å². The van der Waals surface area contributed by atoms with Crippen molar-refractivity contribution in [2.45, 2.75) is 11.8 Å². The van der Waals surface area contributed by atoms with Crippen LogP contribution >= 0.6 is 43.2 Å². The van der Waals surface area contributed by atoms with Gasteiger partial charge in [-0.3, -0.25) is 0 Å². The van der Waals surface area contributed by atoms with E-state index in [0.29, 0.717) is 4.83 Å². The Kier molecular flexibility index (Phi) is 3.82. The van der Waals surface area contributed by atoms with Crippen molar-refractivity contribution in [2.75, 3.05) is 0 Å². The highest BCUT2D eigenvalue weighted by Gasteiger charge is 1.92. The molecule has 1 aromatic heterocycles. The van der Waals surface area contributed by atoms with E-state index in [1.54, 1.807) is 11.3 Å². The van der Waals surface area contributed by atoms with E-state index in [1.807, 2.05) is 0 Å². The number of thiophene rings is 1. The first-order valence-corrected chi connectivity index (χ1v) is 5.83. The van der Waals surface area contributed by atoms with Gasteiger partial charge in [-0.2, -0.15) is 0 Å². The zero-order chi connectivity index (χ0) is 8.27. The van der Waals surface area contributed by atoms with E-state index in [-0.39, 0.29) is 0 Å². The average Bonchev–Trinajstić information content (AvgIpc) is 2.31. The summed E-state index contributed by atoms with van der Waals surface area (Å²) in [6.45, 7) is 2.10. The van der Waals surface area contributed by atoms with Crippen LogP contribution < -0.4 is 0 Å². The van der Waals surface area contributed by atoms with E-state index in [1.165, 1.54) is 9.35 Å². The minimum absolute atomic E-state index is 0.446. The summed E-state index contributed by atoms with van der Waals surface area (Å²) in [4.78, 5) is 0.446. The topological polar surface area (TPSA) is 0 Å². The maximum absolute atomic E-state index is 3.44. The van der Waals surface area contributed by atoms with Crippen molar-refractivity contribution in [2.24, 2.45) is 0 Å². The van der Waals surface area contributed by atoms with Crippen LogP contribution in [0.3, 0.4) is 0 Å². The maximum atomic E-state index is 3.44. The first kappa shape index (κ1) is 9.49. The minimum atomic E-state index is 0.446. The Labute approximate surface area is 87.6 Å². The predicted octanol–water partition coefficient (Wildman–Crippen LogP) is 4.31. The summed E-state index contributed by atoms with van der Waals surface area (Å²) in [6, 6.07) is 2.11. The molecule has 0 nitrogen and oxygen atoms in total. The van der Waals surface area contributed by atoms with Gasteiger partial charge in [0.2, 0.25) is 0 Å². The molecule has 1 aromatic rings. The number of rotatable bonds is 2. The highest BCUT2D eigenvalue weighted by Crippen LogP contribution is 2.21. The number of allylic oxidation sites excluding steroid dienone is 1. The summed E-state index contributed by atoms with van der Waals surface area (Å²) >= 11 is 8.56. The van der Waals surface area contributed by atoms with E-state index in [4.69, 9.17) is 0 Å². The summed E-state index contributed by atoms with van der Waals surface area (Å²) in [7, 11) is 0. The van der Waals surface area contributed by atoms with Gasteiger partial charge in [0.15, 0.2) is 0 Å². The molecule has 0 fully saturated rings. The molecule has 0 aliphatic rings. The van der Waals surface area contributed by atoms with Gasteiger partial charge in [0.05, 0.1) is 3.79 Å². The van der Waals surface area contributed by atoms with E-state index in [2.05, 4.69) is 62.4 Å². The van der Waals surface area contributed by atoms with Gasteiger partial charge in [-0.25, -0.2) is 0 Å². The highest BCUT2D eigenvalue weighted by atomic mass is 79.9. The van der Waals surface area contributed by atoms with Crippen molar-refractivity contribution in [3.8, 4) is 0 Å². The van der Waals surface area contributed by atoms with Gasteiger partial charge in [0, 0.05) is 4.83 Å². The van der Waals surface area contributed by atoms with E-state index < -0.39 is 0 Å². The molecule has 0 amide bonds. The molecule has 0 N–H and O–H groups in total. The molecule has 1 heterocycles. The molecule has 1 unspecified atom stereocenters. The fourth-order valence-electron chi connectivity index (χ4n) is 0.655. The molecule has 1 atom stereocenters. The molecule has 3 heteroatoms. The molecule has 11 heavy (non-hydrogen) atoms. The lowest BCUT2D eigenvalue weighted by Gasteiger charge is -1.88. The monoisotopic (exact) mass is 294 g/mol. The van der Waals surface area contributed by atoms with Crippen molar-refractivity contribution < 1.29 is 0 Å². The molecule has 0 radical (unpaired) electrons. The maximum Gasteiger partial charge on any atom is 0.0704 e. The molecule has 0 aliphatic carbocycles. The fourth-order valence-corrected chi connectivity index (χ4v) is 1.95. The summed E-state index contributed by atoms with van der Waals surface area (Å²) < 4.78 is 1.18. The first-order chi connectivity index (χ1) is 5.18. The minimum Gasteiger partial charge on any atom is -0.136 e. The second-order valence-electron chi connectivity index (χ2n) is 2.22. The van der Waals surface area contributed by atoms with Crippen molar-refractivity contribution >= 4 is 49.3 Å². The highest BCUT2D eigenvalue weighted by molar-refractivity contribution is 9.11. The van der Waals surface area contributed by atoms with Gasteiger partial charge in [0.25, 0.3) is 0 Å². The normalized spacial score (nSPS) is 14.1. The van der Waals surface area contributed by atoms with Crippen LogP contribution in [0.2, 0.25) is 0 Å². The number of hydrogen-bond donors (Lipinski definition) is 0. The third-order valence-corrected chi connectivity index (χ3v) is 2.97. The molecule has 1 rings (SSSR count). The van der Waals surface area contributed by atoms with Crippen LogP contribution in [0.25, 0.3) is 6.08 Å². The largest absolute Gasteiger partial charge is 0.136 e. The van der Waals surface area contributed by atoms with Crippen LogP contribution in [0.1, 0.15) is 12.5 Å². The molecule has 0 aliphatic heterocycles. The Morgan fingerprint density at radius 1 is 1.64 bits per heavy atom. The summed E-state index contributed by atoms with van der Waals surface area (Å²) in [5.41, 5.74) is 1.26. The summed E-state index contributed by atoms with van der Waals surface area (Å²) in [6.07, 6.45) is 4.23. The van der Waals surface area contributed by atoms with E-state index in [0.717, 1.165) is 0 Å². The number of halogens is 2. The zero-order valence-corrected chi connectivity index (χ0v) is 10.0. The Hall–Kier alpha value is 0.400. The zero-order valence-electron chi connectivity index (χ0n) is 6.05. The third kappa shape index (κ3) is 3.54. The molecule has 0 saturated heterocycles. The van der Waals surface area contributed by atoms with Crippen LogP contribution in [0.5, 0.6) is 0 Å². The van der Waals surface area contributed by atoms with Gasteiger partial charge >= 0.3 is 0 Å². The molecular weight excluding hydrogens is 288 g/mol. The molecule has 0 bridgehead atoms. The van der Waals surface area contributed by atoms with Gasteiger partial charge in [-0.05, 0) is 39.9 Å². The van der Waals surface area contributed by atoms with Crippen LogP contribution in [-0.4, -0.2) is 4.83 Å². The molecule has 0 saturated carbocycles. The van der Waals surface area contributed by atoms with Gasteiger partial charge in [0.1, 0.15) is 0 Å². The second kappa shape index (κ2) is 4.43. The van der Waals surface area contributed by atoms with Gasteiger partial charge in [-0.15, -0.1) is 11.3 Å². The lowest BCUT2D eigenvalue weighted by atomic mass is 10.3.